The summed E-state index contributed by atoms with van der Waals surface area (Å²) in [6.07, 6.45) is 0.458. The van der Waals surface area contributed by atoms with Crippen LogP contribution in [0.15, 0.2) is 0 Å². The number of nitrogens with one attached hydrogen (secondary N) is 2. The number of hydrogen-bond acceptors (Lipinski definition) is 9. The van der Waals surface area contributed by atoms with Crippen LogP contribution in [-0.4, -0.2) is 45.4 Å². The zero-order chi connectivity index (χ0) is 14.8. The molecule has 1 aliphatic rings. The molecule has 20 heavy (non-hydrogen) atoms. The lowest BCUT2D eigenvalue weighted by Gasteiger charge is -2.21. The highest BCUT2D eigenvalue weighted by Gasteiger charge is 2.33. The number of anilines is 2. The van der Waals surface area contributed by atoms with Crippen molar-refractivity contribution >= 4 is 17.5 Å². The molecule has 1 aromatic rings. The van der Waals surface area contributed by atoms with E-state index in [1.807, 2.05) is 0 Å². The van der Waals surface area contributed by atoms with Crippen LogP contribution in [0.3, 0.4) is 0 Å². The molecule has 1 saturated heterocycles. The number of hydrazine groups is 1. The van der Waals surface area contributed by atoms with E-state index in [1.54, 1.807) is 0 Å². The van der Waals surface area contributed by atoms with E-state index in [0.29, 0.717) is 13.0 Å². The van der Waals surface area contributed by atoms with Crippen molar-refractivity contribution < 1.29 is 14.8 Å². The molecule has 0 saturated carbocycles. The molecule has 0 amide bonds. The Hall–Kier alpha value is -2.04. The lowest BCUT2D eigenvalue weighted by atomic mass is 10.0. The van der Waals surface area contributed by atoms with Crippen LogP contribution >= 0.6 is 0 Å². The molecule has 0 radical (unpaired) electrons. The van der Waals surface area contributed by atoms with Gasteiger partial charge in [-0.1, -0.05) is 0 Å². The molecule has 110 valence electrons. The maximum atomic E-state index is 11.1. The first-order valence-electron chi connectivity index (χ1n) is 5.99. The summed E-state index contributed by atoms with van der Waals surface area (Å²) in [5.74, 6) is 5.29. The van der Waals surface area contributed by atoms with Gasteiger partial charge >= 0.3 is 5.69 Å². The second-order valence-corrected chi connectivity index (χ2v) is 4.61. The van der Waals surface area contributed by atoms with Gasteiger partial charge in [0, 0.05) is 19.6 Å². The predicted molar refractivity (Wildman–Crippen MR) is 70.1 cm³/mol. The predicted octanol–water partition coefficient (Wildman–Crippen LogP) is -0.458. The summed E-state index contributed by atoms with van der Waals surface area (Å²) in [6, 6.07) is 0. The van der Waals surface area contributed by atoms with Crippen molar-refractivity contribution in [3.63, 3.8) is 0 Å². The first kappa shape index (κ1) is 14.4. The maximum absolute atomic E-state index is 11.1. The zero-order valence-electron chi connectivity index (χ0n) is 10.9. The van der Waals surface area contributed by atoms with Gasteiger partial charge in [-0.3, -0.25) is 15.5 Å². The number of ether oxygens (including phenoxy) is 1. The van der Waals surface area contributed by atoms with Crippen LogP contribution in [0.4, 0.5) is 17.5 Å². The molecule has 1 fully saturated rings. The molecule has 2 heterocycles. The fraction of sp³-hybridized carbons (Fsp3) is 0.600. The summed E-state index contributed by atoms with van der Waals surface area (Å²) in [5, 5.41) is 24.0. The van der Waals surface area contributed by atoms with E-state index < -0.39 is 10.5 Å². The first-order chi connectivity index (χ1) is 9.45. The number of rotatable bonds is 5. The largest absolute Gasteiger partial charge is 0.386 e. The molecule has 0 aliphatic carbocycles. The quantitative estimate of drug-likeness (QED) is 0.320. The topological polar surface area (TPSA) is 148 Å². The molecule has 0 spiro atoms. The number of nitrogen functional groups attached to an aromatic ring is 1. The van der Waals surface area contributed by atoms with Gasteiger partial charge in [-0.15, -0.1) is 0 Å². The van der Waals surface area contributed by atoms with E-state index in [4.69, 9.17) is 10.6 Å². The molecule has 10 nitrogen and oxygen atoms in total. The average molecular weight is 284 g/mol. The van der Waals surface area contributed by atoms with Crippen molar-refractivity contribution in [2.24, 2.45) is 5.84 Å². The molecule has 1 aliphatic heterocycles. The fourth-order valence-electron chi connectivity index (χ4n) is 1.96. The van der Waals surface area contributed by atoms with E-state index in [0.717, 1.165) is 0 Å². The van der Waals surface area contributed by atoms with Crippen LogP contribution in [0.25, 0.3) is 0 Å². The highest BCUT2D eigenvalue weighted by Crippen LogP contribution is 2.27. The minimum Gasteiger partial charge on any atom is -0.386 e. The Bertz CT molecular complexity index is 517. The van der Waals surface area contributed by atoms with Gasteiger partial charge in [0.2, 0.25) is 11.8 Å². The van der Waals surface area contributed by atoms with Crippen molar-refractivity contribution in [3.05, 3.63) is 15.8 Å². The van der Waals surface area contributed by atoms with Crippen LogP contribution in [-0.2, 0) is 4.74 Å². The molecule has 0 bridgehead atoms. The molecule has 5 N–H and O–H groups in total. The van der Waals surface area contributed by atoms with E-state index in [9.17, 15) is 15.2 Å². The average Bonchev–Trinajstić information content (AvgIpc) is 2.82. The van der Waals surface area contributed by atoms with Gasteiger partial charge in [0.1, 0.15) is 11.3 Å². The smallest absolute Gasteiger partial charge is 0.332 e. The molecule has 1 unspecified atom stereocenters. The number of nitrogens with zero attached hydrogens (tertiary/aromatic N) is 3. The Morgan fingerprint density at radius 1 is 1.60 bits per heavy atom. The molecular weight excluding hydrogens is 268 g/mol. The first-order valence-corrected chi connectivity index (χ1v) is 5.99. The standard InChI is InChI=1S/C10H16N6O4/c1-6-7(16(18)19)8(14-9(13-6)15-11)12-4-10(17)2-3-20-5-10/h17H,2-5,11H2,1H3,(H2,12,13,14,15). The van der Waals surface area contributed by atoms with Gasteiger partial charge in [0.05, 0.1) is 11.5 Å². The Kier molecular flexibility index (Phi) is 3.97. The summed E-state index contributed by atoms with van der Waals surface area (Å²) in [6.45, 7) is 2.21. The van der Waals surface area contributed by atoms with Crippen LogP contribution < -0.4 is 16.6 Å². The monoisotopic (exact) mass is 284 g/mol. The third-order valence-electron chi connectivity index (χ3n) is 3.04. The third-order valence-corrected chi connectivity index (χ3v) is 3.04. The molecule has 1 aromatic heterocycles. The van der Waals surface area contributed by atoms with Crippen LogP contribution in [0.5, 0.6) is 0 Å². The summed E-state index contributed by atoms with van der Waals surface area (Å²) < 4.78 is 5.11. The highest BCUT2D eigenvalue weighted by molar-refractivity contribution is 5.60. The second kappa shape index (κ2) is 5.53. The number of nitrogens with two attached hydrogens (primary N) is 1. The van der Waals surface area contributed by atoms with E-state index >= 15 is 0 Å². The zero-order valence-corrected chi connectivity index (χ0v) is 10.9. The second-order valence-electron chi connectivity index (χ2n) is 4.61. The van der Waals surface area contributed by atoms with Crippen LogP contribution in [0.1, 0.15) is 12.1 Å². The lowest BCUT2D eigenvalue weighted by Crippen LogP contribution is -2.37. The fourth-order valence-corrected chi connectivity index (χ4v) is 1.96. The lowest BCUT2D eigenvalue weighted by molar-refractivity contribution is -0.385. The Balaban J connectivity index is 2.24. The number of hydrogen-bond donors (Lipinski definition) is 4. The summed E-state index contributed by atoms with van der Waals surface area (Å²) >= 11 is 0. The minimum atomic E-state index is -1.05. The van der Waals surface area contributed by atoms with Gasteiger partial charge in [-0.25, -0.2) is 10.8 Å². The Morgan fingerprint density at radius 2 is 2.35 bits per heavy atom. The number of aromatic nitrogens is 2. The molecule has 2 rings (SSSR count). The van der Waals surface area contributed by atoms with Crippen molar-refractivity contribution in [1.29, 1.82) is 0 Å². The van der Waals surface area contributed by atoms with E-state index in [1.165, 1.54) is 6.92 Å². The van der Waals surface area contributed by atoms with Crippen molar-refractivity contribution in [2.75, 3.05) is 30.5 Å². The number of nitro groups is 1. The van der Waals surface area contributed by atoms with Gasteiger partial charge in [0.15, 0.2) is 0 Å². The van der Waals surface area contributed by atoms with E-state index in [2.05, 4.69) is 20.7 Å². The van der Waals surface area contributed by atoms with Gasteiger partial charge in [-0.2, -0.15) is 4.98 Å². The van der Waals surface area contributed by atoms with Gasteiger partial charge in [-0.05, 0) is 6.92 Å². The van der Waals surface area contributed by atoms with Gasteiger partial charge < -0.3 is 15.2 Å². The normalized spacial score (nSPS) is 21.8. The number of aryl methyl sites for hydroxylation is 1. The molecule has 10 heteroatoms. The summed E-state index contributed by atoms with van der Waals surface area (Å²) in [4.78, 5) is 18.3. The van der Waals surface area contributed by atoms with Crippen molar-refractivity contribution in [3.8, 4) is 0 Å². The summed E-state index contributed by atoms with van der Waals surface area (Å²) in [7, 11) is 0. The highest BCUT2D eigenvalue weighted by atomic mass is 16.6. The molecule has 1 atom stereocenters. The van der Waals surface area contributed by atoms with Gasteiger partial charge in [0.25, 0.3) is 0 Å². The van der Waals surface area contributed by atoms with Crippen molar-refractivity contribution in [2.45, 2.75) is 18.9 Å². The van der Waals surface area contributed by atoms with Crippen LogP contribution in [0.2, 0.25) is 0 Å². The SMILES string of the molecule is Cc1nc(NN)nc(NCC2(O)CCOC2)c1[N+](=O)[O-]. The van der Waals surface area contributed by atoms with Crippen LogP contribution in [0, 0.1) is 17.0 Å². The Labute approximate surface area is 114 Å². The maximum Gasteiger partial charge on any atom is 0.332 e. The summed E-state index contributed by atoms with van der Waals surface area (Å²) in [5.41, 5.74) is 1.12. The Morgan fingerprint density at radius 3 is 2.90 bits per heavy atom. The minimum absolute atomic E-state index is 0.00998. The number of aliphatic hydroxyl groups is 1. The van der Waals surface area contributed by atoms with E-state index in [-0.39, 0.29) is 36.3 Å². The molecule has 0 aromatic carbocycles. The third kappa shape index (κ3) is 2.92. The molecular formula is C10H16N6O4. The van der Waals surface area contributed by atoms with Crippen molar-refractivity contribution in [1.82, 2.24) is 9.97 Å².